The molecule has 4 N–H and O–H groups in total. The molecular weight excluding hydrogens is 354 g/mol. The van der Waals surface area contributed by atoms with E-state index in [4.69, 9.17) is 15.7 Å². The quantitative estimate of drug-likeness (QED) is 0.496. The van der Waals surface area contributed by atoms with Gasteiger partial charge in [-0.05, 0) is 0 Å². The number of phenols is 1. The molecule has 0 radical (unpaired) electrons. The van der Waals surface area contributed by atoms with Crippen molar-refractivity contribution in [3.05, 3.63) is 29.6 Å². The fraction of sp³-hybridized carbons (Fsp3) is 0.471. The third kappa shape index (κ3) is 3.24. The Labute approximate surface area is 157 Å². The Balaban J connectivity index is 0.00000126. The van der Waals surface area contributed by atoms with Gasteiger partial charge < -0.3 is 0 Å². The van der Waals surface area contributed by atoms with Crippen molar-refractivity contribution in [2.24, 2.45) is 5.73 Å². The van der Waals surface area contributed by atoms with Gasteiger partial charge in [-0.25, -0.2) is 0 Å². The van der Waals surface area contributed by atoms with Gasteiger partial charge in [0.25, 0.3) is 0 Å². The summed E-state index contributed by atoms with van der Waals surface area (Å²) in [5, 5.41) is 21.4. The second-order valence-electron chi connectivity index (χ2n) is 6.04. The first-order valence-electron chi connectivity index (χ1n) is 8.52. The number of hydrogen-bond acceptors (Lipinski definition) is 7. The van der Waals surface area contributed by atoms with E-state index in [0.717, 1.165) is 13.2 Å². The Morgan fingerprint density at radius 2 is 2.22 bits per heavy atom. The number of hydrogen-bond donors (Lipinski definition) is 3. The van der Waals surface area contributed by atoms with Gasteiger partial charge >= 0.3 is 143 Å². The standard InChI is InChI=1S/C15H16BFN4O4.C2H6/c1-21-12(23)14(19)4-5-24-7-15(14,20-13(21)16-25-8-18)10-6-9(22)2-3-11(10)17;1-2/h2-3,6,20,22H,4-5,7,19H2,1H3;1-2H3. The predicted molar refractivity (Wildman–Crippen MR) is 96.8 cm³/mol. The summed E-state index contributed by atoms with van der Waals surface area (Å²) in [7, 11) is 2.50. The molecule has 2 fully saturated rings. The minimum absolute atomic E-state index is 0.000919. The molecule has 0 saturated carbocycles. The molecule has 0 bridgehead atoms. The molecule has 2 atom stereocenters. The van der Waals surface area contributed by atoms with E-state index in [9.17, 15) is 14.3 Å². The van der Waals surface area contributed by atoms with Gasteiger partial charge in [-0.1, -0.05) is 13.8 Å². The van der Waals surface area contributed by atoms with Crippen LogP contribution in [0, 0.1) is 17.3 Å². The van der Waals surface area contributed by atoms with Crippen molar-refractivity contribution >= 4 is 18.7 Å². The first kappa shape index (κ1) is 20.7. The molecule has 2 aliphatic rings. The molecule has 8 nitrogen and oxygen atoms in total. The van der Waals surface area contributed by atoms with E-state index in [1.165, 1.54) is 30.3 Å². The summed E-state index contributed by atoms with van der Waals surface area (Å²) >= 11 is 0. The van der Waals surface area contributed by atoms with Gasteiger partial charge in [0.1, 0.15) is 0 Å². The molecule has 0 aromatic heterocycles. The number of halogens is 1. The van der Waals surface area contributed by atoms with Crippen molar-refractivity contribution in [2.45, 2.75) is 31.3 Å². The second kappa shape index (κ2) is 7.94. The van der Waals surface area contributed by atoms with Gasteiger partial charge in [0.15, 0.2) is 0 Å². The fourth-order valence-corrected chi connectivity index (χ4v) is 3.37. The predicted octanol–water partition coefficient (Wildman–Crippen LogP) is 0.136. The molecule has 0 aliphatic carbocycles. The number of fused-ring (bicyclic) bond motifs is 1. The Morgan fingerprint density at radius 1 is 1.52 bits per heavy atom. The maximum atomic E-state index is 14.6. The number of likely N-dealkylation sites (N-methyl/N-ethyl adjacent to an activating group) is 1. The number of amides is 1. The van der Waals surface area contributed by atoms with Crippen molar-refractivity contribution in [3.63, 3.8) is 0 Å². The molecule has 2 heterocycles. The first-order chi connectivity index (χ1) is 12.9. The van der Waals surface area contributed by atoms with Crippen molar-refractivity contribution < 1.29 is 23.7 Å². The van der Waals surface area contributed by atoms with E-state index >= 15 is 0 Å². The molecule has 1 aromatic carbocycles. The summed E-state index contributed by atoms with van der Waals surface area (Å²) in [6.07, 6.45) is 1.62. The van der Waals surface area contributed by atoms with Crippen LogP contribution >= 0.6 is 0 Å². The first-order valence-corrected chi connectivity index (χ1v) is 8.52. The van der Waals surface area contributed by atoms with E-state index in [2.05, 4.69) is 9.97 Å². The maximum absolute atomic E-state index is 14.6. The van der Waals surface area contributed by atoms with Crippen LogP contribution in [0.25, 0.3) is 0 Å². The zero-order valence-electron chi connectivity index (χ0n) is 15.5. The van der Waals surface area contributed by atoms with Gasteiger partial charge in [-0.2, -0.15) is 0 Å². The molecular formula is C17H22BFN4O4. The number of carbonyl (C=O) groups excluding carboxylic acids is 1. The number of rotatable bonds is 2. The van der Waals surface area contributed by atoms with Crippen LogP contribution in [0.15, 0.2) is 18.2 Å². The Hall–Kier alpha value is -2.64. The van der Waals surface area contributed by atoms with Crippen molar-refractivity contribution in [3.8, 4) is 12.0 Å². The van der Waals surface area contributed by atoms with Crippen molar-refractivity contribution in [1.29, 1.82) is 5.26 Å². The average Bonchev–Trinajstić information content (AvgIpc) is 2.68. The molecule has 2 saturated heterocycles. The zero-order valence-corrected chi connectivity index (χ0v) is 15.5. The third-order valence-corrected chi connectivity index (χ3v) is 4.74. The summed E-state index contributed by atoms with van der Waals surface area (Å²) in [4.78, 5) is 14.2. The minimum atomic E-state index is -1.52. The summed E-state index contributed by atoms with van der Waals surface area (Å²) < 4.78 is 24.7. The number of aromatic hydroxyl groups is 1. The van der Waals surface area contributed by atoms with Crippen LogP contribution in [0.4, 0.5) is 4.39 Å². The van der Waals surface area contributed by atoms with Gasteiger partial charge in [0, 0.05) is 0 Å². The number of phenolic OH excluding ortho intramolecular Hbond substituents is 1. The molecule has 27 heavy (non-hydrogen) atoms. The van der Waals surface area contributed by atoms with Crippen LogP contribution in [0.2, 0.25) is 0 Å². The monoisotopic (exact) mass is 376 g/mol. The number of nitrogens with zero attached hydrogens (tertiary/aromatic N) is 2. The van der Waals surface area contributed by atoms with Crippen LogP contribution in [-0.2, 0) is 19.7 Å². The molecule has 0 spiro atoms. The molecule has 1 aromatic rings. The molecule has 2 aliphatic heterocycles. The number of nitrogens with one attached hydrogen (secondary N) is 1. The van der Waals surface area contributed by atoms with Crippen LogP contribution in [0.5, 0.6) is 5.75 Å². The summed E-state index contributed by atoms with van der Waals surface area (Å²) in [6, 6.07) is 3.50. The summed E-state index contributed by atoms with van der Waals surface area (Å²) in [5.74, 6) is -1.31. The molecule has 1 amide bonds. The van der Waals surface area contributed by atoms with Gasteiger partial charge in [0.2, 0.25) is 0 Å². The third-order valence-electron chi connectivity index (χ3n) is 4.74. The number of benzene rings is 1. The van der Waals surface area contributed by atoms with E-state index in [-0.39, 0.29) is 36.7 Å². The number of nitriles is 1. The SMILES string of the molecule is CC.CN1C(=O)C2(N)CCOCC2(c2cc(O)ccc2F)NC1=BOC#N. The molecule has 144 valence electrons. The van der Waals surface area contributed by atoms with E-state index in [0.29, 0.717) is 0 Å². The molecule has 3 rings (SSSR count). The molecule has 2 unspecified atom stereocenters. The Bertz CT molecular complexity index is 800. The van der Waals surface area contributed by atoms with E-state index in [1.54, 1.807) is 0 Å². The molecule has 10 heteroatoms. The van der Waals surface area contributed by atoms with Crippen LogP contribution < -0.4 is 11.1 Å². The fourth-order valence-electron chi connectivity index (χ4n) is 3.37. The van der Waals surface area contributed by atoms with Gasteiger partial charge in [-0.3, -0.25) is 0 Å². The topological polar surface area (TPSA) is 121 Å². The van der Waals surface area contributed by atoms with Crippen LogP contribution in [-0.4, -0.2) is 54.5 Å². The normalized spacial score (nSPS) is 28.1. The van der Waals surface area contributed by atoms with E-state index < -0.39 is 22.8 Å². The van der Waals surface area contributed by atoms with Crippen molar-refractivity contribution in [2.75, 3.05) is 20.3 Å². The number of ether oxygens (including phenoxy) is 1. The summed E-state index contributed by atoms with van der Waals surface area (Å²) in [5.41, 5.74) is 3.60. The Morgan fingerprint density at radius 3 is 2.89 bits per heavy atom. The van der Waals surface area contributed by atoms with Crippen molar-refractivity contribution in [1.82, 2.24) is 10.2 Å². The second-order valence-corrected chi connectivity index (χ2v) is 6.04. The zero-order chi connectivity index (χ0) is 20.2. The van der Waals surface area contributed by atoms with Gasteiger partial charge in [0.05, 0.1) is 0 Å². The Kier molecular flexibility index (Phi) is 6.08. The van der Waals surface area contributed by atoms with Gasteiger partial charge in [-0.15, -0.1) is 0 Å². The summed E-state index contributed by atoms with van der Waals surface area (Å²) in [6.45, 7) is 4.13. The van der Waals surface area contributed by atoms with Crippen LogP contribution in [0.1, 0.15) is 25.8 Å². The van der Waals surface area contributed by atoms with Crippen LogP contribution in [0.3, 0.4) is 0 Å². The van der Waals surface area contributed by atoms with E-state index in [1.807, 2.05) is 13.8 Å². The number of carbonyl (C=O) groups is 1. The average molecular weight is 376 g/mol. The number of nitrogens with two attached hydrogens (primary N) is 1.